The van der Waals surface area contributed by atoms with E-state index in [1.54, 1.807) is 0 Å². The lowest BCUT2D eigenvalue weighted by Gasteiger charge is -2.11. The molecule has 1 aromatic carbocycles. The number of halogens is 7. The van der Waals surface area contributed by atoms with Crippen LogP contribution in [-0.2, 0) is 6.18 Å². The molecule has 0 amide bonds. The lowest BCUT2D eigenvalue weighted by Crippen LogP contribution is -2.09. The van der Waals surface area contributed by atoms with E-state index in [2.05, 4.69) is 15.9 Å². The molecule has 0 N–H and O–H groups in total. The minimum atomic E-state index is -4.90. The Kier molecular flexibility index (Phi) is 3.32. The maximum absolute atomic E-state index is 12.8. The third-order valence-corrected chi connectivity index (χ3v) is 2.31. The van der Waals surface area contributed by atoms with Crippen LogP contribution in [0.15, 0.2) is 16.6 Å². The number of hydrogen-bond acceptors (Lipinski definition) is 0. The fourth-order valence-corrected chi connectivity index (χ4v) is 1.46. The quantitative estimate of drug-likeness (QED) is 0.667. The molecule has 0 aromatic heterocycles. The van der Waals surface area contributed by atoms with E-state index in [0.29, 0.717) is 6.07 Å². The highest BCUT2D eigenvalue weighted by atomic mass is 79.9. The molecule has 0 spiro atoms. The molecule has 0 aliphatic rings. The minimum absolute atomic E-state index is 0.178. The zero-order chi connectivity index (χ0) is 11.8. The van der Waals surface area contributed by atoms with Gasteiger partial charge in [0, 0.05) is 10.0 Å². The van der Waals surface area contributed by atoms with Crippen molar-refractivity contribution in [1.82, 2.24) is 0 Å². The molecule has 0 saturated heterocycles. The van der Waals surface area contributed by atoms with Crippen molar-refractivity contribution < 1.29 is 26.3 Å². The first-order chi connectivity index (χ1) is 6.73. The van der Waals surface area contributed by atoms with Crippen LogP contribution < -0.4 is 0 Å². The maximum Gasteiger partial charge on any atom is 0.419 e. The fraction of sp³-hybridized carbons (Fsp3) is 0.250. The lowest BCUT2D eigenvalue weighted by molar-refractivity contribution is -0.140. The Morgan fingerprint density at radius 2 is 1.67 bits per heavy atom. The Hall–Kier alpha value is -0.720. The molecule has 1 aromatic rings. The summed E-state index contributed by atoms with van der Waals surface area (Å²) >= 11 is 2.53. The molecule has 0 radical (unpaired) electrons. The van der Waals surface area contributed by atoms with Gasteiger partial charge in [-0.15, -0.1) is 0 Å². The van der Waals surface area contributed by atoms with E-state index in [1.165, 1.54) is 0 Å². The summed E-state index contributed by atoms with van der Waals surface area (Å²) in [6.07, 6.45) is -7.93. The zero-order valence-corrected chi connectivity index (χ0v) is 8.46. The van der Waals surface area contributed by atoms with Crippen LogP contribution in [-0.4, -0.2) is 0 Å². The third kappa shape index (κ3) is 2.64. The standard InChI is InChI=1S/C8H3BrF6/c9-5-2-4(8(13,14)15)6(10)1-3(5)7(11)12/h1-2,7H. The van der Waals surface area contributed by atoms with Crippen molar-refractivity contribution in [2.45, 2.75) is 12.6 Å². The molecule has 0 aliphatic carbocycles. The Morgan fingerprint density at radius 3 is 2.07 bits per heavy atom. The second-order valence-electron chi connectivity index (χ2n) is 2.65. The number of alkyl halides is 5. The van der Waals surface area contributed by atoms with Gasteiger partial charge >= 0.3 is 6.18 Å². The van der Waals surface area contributed by atoms with Crippen LogP contribution in [0.5, 0.6) is 0 Å². The molecule has 0 aliphatic heterocycles. The van der Waals surface area contributed by atoms with E-state index in [-0.39, 0.29) is 6.07 Å². The van der Waals surface area contributed by atoms with Gasteiger partial charge in [0.25, 0.3) is 6.43 Å². The molecule has 0 nitrogen and oxygen atoms in total. The molecular formula is C8H3BrF6. The summed E-state index contributed by atoms with van der Waals surface area (Å²) in [4.78, 5) is 0. The highest BCUT2D eigenvalue weighted by Crippen LogP contribution is 2.37. The summed E-state index contributed by atoms with van der Waals surface area (Å²) in [7, 11) is 0. The van der Waals surface area contributed by atoms with Gasteiger partial charge in [0.2, 0.25) is 0 Å². The van der Waals surface area contributed by atoms with Crippen LogP contribution in [0, 0.1) is 5.82 Å². The maximum atomic E-state index is 12.8. The number of hydrogen-bond donors (Lipinski definition) is 0. The zero-order valence-electron chi connectivity index (χ0n) is 6.88. The van der Waals surface area contributed by atoms with E-state index in [0.717, 1.165) is 0 Å². The third-order valence-electron chi connectivity index (χ3n) is 1.63. The van der Waals surface area contributed by atoms with Crippen molar-refractivity contribution in [2.24, 2.45) is 0 Å². The first-order valence-corrected chi connectivity index (χ1v) is 4.37. The molecule has 84 valence electrons. The highest BCUT2D eigenvalue weighted by Gasteiger charge is 2.35. The van der Waals surface area contributed by atoms with Crippen molar-refractivity contribution in [2.75, 3.05) is 0 Å². The van der Waals surface area contributed by atoms with Crippen molar-refractivity contribution in [3.05, 3.63) is 33.5 Å². The number of rotatable bonds is 1. The molecule has 0 bridgehead atoms. The van der Waals surface area contributed by atoms with Gasteiger partial charge in [-0.3, -0.25) is 0 Å². The van der Waals surface area contributed by atoms with Crippen molar-refractivity contribution >= 4 is 15.9 Å². The SMILES string of the molecule is Fc1cc(C(F)F)c(Br)cc1C(F)(F)F. The van der Waals surface area contributed by atoms with Gasteiger partial charge in [0.1, 0.15) is 5.82 Å². The van der Waals surface area contributed by atoms with Crippen molar-refractivity contribution in [1.29, 1.82) is 0 Å². The summed E-state index contributed by atoms with van der Waals surface area (Å²) in [6.45, 7) is 0. The molecule has 0 atom stereocenters. The predicted octanol–water partition coefficient (Wildman–Crippen LogP) is 4.54. The van der Waals surface area contributed by atoms with Crippen LogP contribution in [0.4, 0.5) is 26.3 Å². The molecule has 0 fully saturated rings. The Balaban J connectivity index is 3.32. The summed E-state index contributed by atoms with van der Waals surface area (Å²) in [5.41, 5.74) is -2.38. The second-order valence-corrected chi connectivity index (χ2v) is 3.51. The van der Waals surface area contributed by atoms with Gasteiger partial charge in [0.05, 0.1) is 5.56 Å². The van der Waals surface area contributed by atoms with Crippen molar-refractivity contribution in [3.63, 3.8) is 0 Å². The topological polar surface area (TPSA) is 0 Å². The molecule has 7 heteroatoms. The predicted molar refractivity (Wildman–Crippen MR) is 44.1 cm³/mol. The smallest absolute Gasteiger partial charge is 0.206 e. The Morgan fingerprint density at radius 1 is 1.13 bits per heavy atom. The van der Waals surface area contributed by atoms with E-state index >= 15 is 0 Å². The monoisotopic (exact) mass is 292 g/mol. The van der Waals surface area contributed by atoms with E-state index in [4.69, 9.17) is 0 Å². The minimum Gasteiger partial charge on any atom is -0.206 e. The molecule has 0 heterocycles. The fourth-order valence-electron chi connectivity index (χ4n) is 0.947. The lowest BCUT2D eigenvalue weighted by atomic mass is 10.1. The summed E-state index contributed by atoms with van der Waals surface area (Å²) < 4.78 is 73.0. The Bertz CT molecular complexity index is 370. The summed E-state index contributed by atoms with van der Waals surface area (Å²) in [6, 6.07) is 0.481. The molecule has 15 heavy (non-hydrogen) atoms. The van der Waals surface area contributed by atoms with E-state index in [1.807, 2.05) is 0 Å². The largest absolute Gasteiger partial charge is 0.419 e. The van der Waals surface area contributed by atoms with Crippen LogP contribution in [0.2, 0.25) is 0 Å². The van der Waals surface area contributed by atoms with Gasteiger partial charge in [-0.05, 0) is 12.1 Å². The molecular weight excluding hydrogens is 290 g/mol. The van der Waals surface area contributed by atoms with Crippen molar-refractivity contribution in [3.8, 4) is 0 Å². The first-order valence-electron chi connectivity index (χ1n) is 3.57. The van der Waals surface area contributed by atoms with Gasteiger partial charge in [0.15, 0.2) is 0 Å². The van der Waals surface area contributed by atoms with Gasteiger partial charge < -0.3 is 0 Å². The molecule has 0 saturated carbocycles. The molecule has 1 rings (SSSR count). The van der Waals surface area contributed by atoms with Crippen LogP contribution in [0.25, 0.3) is 0 Å². The first kappa shape index (κ1) is 12.4. The Labute approximate surface area is 89.0 Å². The van der Waals surface area contributed by atoms with Crippen LogP contribution in [0.1, 0.15) is 17.6 Å². The van der Waals surface area contributed by atoms with Crippen LogP contribution >= 0.6 is 15.9 Å². The van der Waals surface area contributed by atoms with Gasteiger partial charge in [-0.2, -0.15) is 13.2 Å². The molecule has 0 unspecified atom stereocenters. The average Bonchev–Trinajstić information content (AvgIpc) is 2.06. The summed E-state index contributed by atoms with van der Waals surface area (Å²) in [5, 5.41) is 0. The van der Waals surface area contributed by atoms with Gasteiger partial charge in [-0.25, -0.2) is 13.2 Å². The summed E-state index contributed by atoms with van der Waals surface area (Å²) in [5.74, 6) is -1.71. The normalized spacial score (nSPS) is 12.3. The number of benzene rings is 1. The highest BCUT2D eigenvalue weighted by molar-refractivity contribution is 9.10. The second kappa shape index (κ2) is 4.03. The van der Waals surface area contributed by atoms with Crippen LogP contribution in [0.3, 0.4) is 0 Å². The van der Waals surface area contributed by atoms with E-state index in [9.17, 15) is 26.3 Å². The van der Waals surface area contributed by atoms with E-state index < -0.39 is 34.0 Å². The van der Waals surface area contributed by atoms with Gasteiger partial charge in [-0.1, -0.05) is 15.9 Å². The average molecular weight is 293 g/mol.